The quantitative estimate of drug-likeness (QED) is 0.272. The third-order valence-corrected chi connectivity index (χ3v) is 2.59. The standard InChI is InChI=1S/C13H26N4O3.HI/c1-13(2,3)20-12(18)16-7-6-15-11(14)17-9-10-5-4-8-19-10;/h10H,4-9H2,1-3H3,(H,16,18)(H3,14,15,17);1H. The van der Waals surface area contributed by atoms with Gasteiger partial charge in [0.25, 0.3) is 0 Å². The fourth-order valence-electron chi connectivity index (χ4n) is 1.71. The van der Waals surface area contributed by atoms with E-state index in [1.54, 1.807) is 0 Å². The smallest absolute Gasteiger partial charge is 0.407 e. The normalized spacial score (nSPS) is 18.8. The van der Waals surface area contributed by atoms with Gasteiger partial charge in [-0.2, -0.15) is 0 Å². The summed E-state index contributed by atoms with van der Waals surface area (Å²) in [5.41, 5.74) is 5.22. The van der Waals surface area contributed by atoms with Gasteiger partial charge in [0.05, 0.1) is 12.6 Å². The molecule has 7 nitrogen and oxygen atoms in total. The Bertz CT molecular complexity index is 339. The number of carbonyl (C=O) groups is 1. The predicted molar refractivity (Wildman–Crippen MR) is 93.1 cm³/mol. The van der Waals surface area contributed by atoms with Crippen LogP contribution in [0.25, 0.3) is 0 Å². The predicted octanol–water partition coefficient (Wildman–Crippen LogP) is 1.21. The van der Waals surface area contributed by atoms with Gasteiger partial charge in [-0.05, 0) is 33.6 Å². The van der Waals surface area contributed by atoms with Crippen LogP contribution in [-0.2, 0) is 9.47 Å². The SMILES string of the molecule is CC(C)(C)OC(=O)NCCNC(N)=NCC1CCCO1.I. The fourth-order valence-corrected chi connectivity index (χ4v) is 1.71. The maximum absolute atomic E-state index is 11.4. The summed E-state index contributed by atoms with van der Waals surface area (Å²) in [6, 6.07) is 0. The Hall–Kier alpha value is -0.770. The molecule has 1 unspecified atom stereocenters. The van der Waals surface area contributed by atoms with Gasteiger partial charge in [0.2, 0.25) is 0 Å². The van der Waals surface area contributed by atoms with Crippen LogP contribution in [0.2, 0.25) is 0 Å². The molecule has 1 fully saturated rings. The highest BCUT2D eigenvalue weighted by molar-refractivity contribution is 14.0. The molecule has 1 heterocycles. The average molecular weight is 414 g/mol. The first-order valence-corrected chi connectivity index (χ1v) is 6.99. The van der Waals surface area contributed by atoms with Crippen LogP contribution in [-0.4, -0.2) is 50.0 Å². The molecule has 1 aliphatic heterocycles. The van der Waals surface area contributed by atoms with Gasteiger partial charge in [-0.1, -0.05) is 0 Å². The molecule has 1 saturated heterocycles. The van der Waals surface area contributed by atoms with E-state index in [1.165, 1.54) is 0 Å². The zero-order chi connectivity index (χ0) is 15.0. The second-order valence-electron chi connectivity index (χ2n) is 5.72. The average Bonchev–Trinajstić information content (AvgIpc) is 2.83. The molecule has 1 rings (SSSR count). The molecule has 1 amide bonds. The van der Waals surface area contributed by atoms with Crippen LogP contribution in [0, 0.1) is 0 Å². The summed E-state index contributed by atoms with van der Waals surface area (Å²) in [6.45, 7) is 7.78. The molecule has 0 radical (unpaired) electrons. The van der Waals surface area contributed by atoms with E-state index in [9.17, 15) is 4.79 Å². The van der Waals surface area contributed by atoms with Crippen LogP contribution >= 0.6 is 24.0 Å². The van der Waals surface area contributed by atoms with Crippen LogP contribution in [0.15, 0.2) is 4.99 Å². The molecule has 124 valence electrons. The van der Waals surface area contributed by atoms with Crippen molar-refractivity contribution in [1.82, 2.24) is 10.6 Å². The topological polar surface area (TPSA) is 98.0 Å². The number of nitrogens with two attached hydrogens (primary N) is 1. The number of guanidine groups is 1. The van der Waals surface area contributed by atoms with Gasteiger partial charge in [0.15, 0.2) is 5.96 Å². The number of amides is 1. The number of rotatable bonds is 5. The molecular formula is C13H27IN4O3. The van der Waals surface area contributed by atoms with Gasteiger partial charge in [-0.15, -0.1) is 24.0 Å². The van der Waals surface area contributed by atoms with E-state index in [0.717, 1.165) is 19.4 Å². The zero-order valence-electron chi connectivity index (χ0n) is 13.0. The van der Waals surface area contributed by atoms with Crippen molar-refractivity contribution >= 4 is 36.0 Å². The number of halogens is 1. The first kappa shape index (κ1) is 20.2. The molecule has 4 N–H and O–H groups in total. The first-order valence-electron chi connectivity index (χ1n) is 6.99. The number of carbonyl (C=O) groups excluding carboxylic acids is 1. The number of alkyl carbamates (subject to hydrolysis) is 1. The zero-order valence-corrected chi connectivity index (χ0v) is 15.3. The third kappa shape index (κ3) is 10.6. The molecular weight excluding hydrogens is 387 g/mol. The van der Waals surface area contributed by atoms with Crippen LogP contribution in [0.3, 0.4) is 0 Å². The van der Waals surface area contributed by atoms with Gasteiger partial charge >= 0.3 is 6.09 Å². The Morgan fingerprint density at radius 2 is 2.05 bits per heavy atom. The lowest BCUT2D eigenvalue weighted by Gasteiger charge is -2.19. The second kappa shape index (κ2) is 10.0. The molecule has 1 atom stereocenters. The van der Waals surface area contributed by atoms with Gasteiger partial charge in [-0.3, -0.25) is 4.99 Å². The summed E-state index contributed by atoms with van der Waals surface area (Å²) < 4.78 is 10.5. The number of nitrogens with zero attached hydrogens (tertiary/aromatic N) is 1. The monoisotopic (exact) mass is 414 g/mol. The molecule has 21 heavy (non-hydrogen) atoms. The highest BCUT2D eigenvalue weighted by Crippen LogP contribution is 2.11. The molecule has 0 saturated carbocycles. The van der Waals surface area contributed by atoms with Crippen LogP contribution in [0.5, 0.6) is 0 Å². The number of aliphatic imine (C=N–C) groups is 1. The van der Waals surface area contributed by atoms with E-state index in [1.807, 2.05) is 20.8 Å². The minimum absolute atomic E-state index is 0. The maximum atomic E-state index is 11.4. The van der Waals surface area contributed by atoms with Crippen LogP contribution in [0.1, 0.15) is 33.6 Å². The van der Waals surface area contributed by atoms with E-state index >= 15 is 0 Å². The minimum atomic E-state index is -0.487. The summed E-state index contributed by atoms with van der Waals surface area (Å²) >= 11 is 0. The van der Waals surface area contributed by atoms with Crippen molar-refractivity contribution in [3.05, 3.63) is 0 Å². The first-order chi connectivity index (χ1) is 9.37. The summed E-state index contributed by atoms with van der Waals surface area (Å²) in [6.07, 6.45) is 1.88. The Kier molecular flexibility index (Phi) is 9.67. The lowest BCUT2D eigenvalue weighted by molar-refractivity contribution is 0.0529. The summed E-state index contributed by atoms with van der Waals surface area (Å²) in [7, 11) is 0. The van der Waals surface area contributed by atoms with E-state index in [0.29, 0.717) is 25.6 Å². The Balaban J connectivity index is 0.00000400. The summed E-state index contributed by atoms with van der Waals surface area (Å²) in [4.78, 5) is 15.6. The Morgan fingerprint density at radius 1 is 1.38 bits per heavy atom. The van der Waals surface area contributed by atoms with Crippen molar-refractivity contribution in [2.75, 3.05) is 26.2 Å². The van der Waals surface area contributed by atoms with Crippen molar-refractivity contribution in [3.63, 3.8) is 0 Å². The lowest BCUT2D eigenvalue weighted by atomic mass is 10.2. The highest BCUT2D eigenvalue weighted by atomic mass is 127. The number of ether oxygens (including phenoxy) is 2. The molecule has 0 aromatic carbocycles. The summed E-state index contributed by atoms with van der Waals surface area (Å²) in [5.74, 6) is 0.367. The molecule has 1 aliphatic rings. The van der Waals surface area contributed by atoms with Gasteiger partial charge in [-0.25, -0.2) is 4.79 Å². The van der Waals surface area contributed by atoms with Gasteiger partial charge < -0.3 is 25.8 Å². The fraction of sp³-hybridized carbons (Fsp3) is 0.846. The number of hydrogen-bond donors (Lipinski definition) is 3. The molecule has 0 aliphatic carbocycles. The van der Waals surface area contributed by atoms with Crippen molar-refractivity contribution in [2.45, 2.75) is 45.3 Å². The molecule has 0 aromatic rings. The van der Waals surface area contributed by atoms with Crippen molar-refractivity contribution in [3.8, 4) is 0 Å². The number of nitrogens with one attached hydrogen (secondary N) is 2. The van der Waals surface area contributed by atoms with E-state index < -0.39 is 11.7 Å². The van der Waals surface area contributed by atoms with E-state index in [2.05, 4.69) is 15.6 Å². The molecule has 0 spiro atoms. The molecule has 0 aromatic heterocycles. The van der Waals surface area contributed by atoms with Crippen molar-refractivity contribution in [2.24, 2.45) is 10.7 Å². The molecule has 0 bridgehead atoms. The number of hydrogen-bond acceptors (Lipinski definition) is 4. The maximum Gasteiger partial charge on any atom is 0.407 e. The highest BCUT2D eigenvalue weighted by Gasteiger charge is 2.16. The summed E-state index contributed by atoms with van der Waals surface area (Å²) in [5, 5.41) is 5.56. The second-order valence-corrected chi connectivity index (χ2v) is 5.72. The van der Waals surface area contributed by atoms with Gasteiger partial charge in [0, 0.05) is 19.7 Å². The lowest BCUT2D eigenvalue weighted by Crippen LogP contribution is -2.40. The van der Waals surface area contributed by atoms with E-state index in [-0.39, 0.29) is 30.1 Å². The van der Waals surface area contributed by atoms with Gasteiger partial charge in [0.1, 0.15) is 5.60 Å². The molecule has 8 heteroatoms. The van der Waals surface area contributed by atoms with E-state index in [4.69, 9.17) is 15.2 Å². The van der Waals surface area contributed by atoms with Crippen molar-refractivity contribution < 1.29 is 14.3 Å². The minimum Gasteiger partial charge on any atom is -0.444 e. The largest absolute Gasteiger partial charge is 0.444 e. The van der Waals surface area contributed by atoms with Crippen LogP contribution < -0.4 is 16.4 Å². The van der Waals surface area contributed by atoms with Crippen molar-refractivity contribution in [1.29, 1.82) is 0 Å². The Labute approximate surface area is 143 Å². The van der Waals surface area contributed by atoms with Crippen LogP contribution in [0.4, 0.5) is 4.79 Å². The Morgan fingerprint density at radius 3 is 2.62 bits per heavy atom. The third-order valence-electron chi connectivity index (χ3n) is 2.59.